The zero-order valence-corrected chi connectivity index (χ0v) is 26.2. The molecule has 2 aliphatic carbocycles. The molecule has 4 bridgehead atoms. The number of carboxylic acid groups (broad SMARTS) is 1. The van der Waals surface area contributed by atoms with Crippen molar-refractivity contribution >= 4 is 22.7 Å². The lowest BCUT2D eigenvalue weighted by Crippen LogP contribution is -2.59. The first-order valence-corrected chi connectivity index (χ1v) is 16.6. The zero-order chi connectivity index (χ0) is 30.1. The van der Waals surface area contributed by atoms with Crippen molar-refractivity contribution in [2.24, 2.45) is 22.9 Å². The molecular weight excluding hydrogens is 542 g/mol. The Hall–Kier alpha value is -2.78. The Bertz CT molecular complexity index is 1360. The molecule has 7 atom stereocenters. The molecule has 0 spiro atoms. The van der Waals surface area contributed by atoms with Crippen molar-refractivity contribution in [2.75, 3.05) is 27.2 Å². The smallest absolute Gasteiger partial charge is 0.303 e. The number of nitrogens with zero attached hydrogens (tertiary/aromatic N) is 5. The van der Waals surface area contributed by atoms with Gasteiger partial charge in [0.05, 0.1) is 17.5 Å². The normalized spacial score (nSPS) is 31.3. The van der Waals surface area contributed by atoms with Gasteiger partial charge in [0.15, 0.2) is 5.69 Å². The van der Waals surface area contributed by atoms with Crippen LogP contribution in [0, 0.1) is 17.8 Å². The molecule has 9 heteroatoms. The fourth-order valence-electron chi connectivity index (χ4n) is 9.07. The molecular formula is C34H49N5O4. The van der Waals surface area contributed by atoms with Crippen LogP contribution in [0.2, 0.25) is 0 Å². The summed E-state index contributed by atoms with van der Waals surface area (Å²) in [5.74, 6) is 1.69. The van der Waals surface area contributed by atoms with E-state index in [0.29, 0.717) is 37.0 Å². The Kier molecular flexibility index (Phi) is 9.19. The van der Waals surface area contributed by atoms with Gasteiger partial charge in [-0.15, -0.1) is 0 Å². The van der Waals surface area contributed by atoms with Gasteiger partial charge in [-0.05, 0) is 102 Å². The van der Waals surface area contributed by atoms with Crippen LogP contribution in [0.15, 0.2) is 34.2 Å². The molecule has 1 aromatic carbocycles. The quantitative estimate of drug-likeness (QED) is 0.227. The summed E-state index contributed by atoms with van der Waals surface area (Å²) in [6.07, 6.45) is 12.4. The number of fused-ring (bicyclic) bond motifs is 5. The van der Waals surface area contributed by atoms with Crippen LogP contribution in [0.25, 0.3) is 11.0 Å². The topological polar surface area (TPSA) is 100 Å². The van der Waals surface area contributed by atoms with Gasteiger partial charge in [-0.25, -0.2) is 4.98 Å². The fourth-order valence-corrected chi connectivity index (χ4v) is 9.07. The van der Waals surface area contributed by atoms with Crippen molar-refractivity contribution in [3.05, 3.63) is 40.3 Å². The number of likely N-dealkylation sites (N-methyl/N-ethyl adjacent to an activating group) is 1. The first-order valence-electron chi connectivity index (χ1n) is 16.6. The predicted octanol–water partition coefficient (Wildman–Crippen LogP) is 5.32. The second-order valence-corrected chi connectivity index (χ2v) is 14.2. The van der Waals surface area contributed by atoms with E-state index in [1.54, 1.807) is 0 Å². The molecule has 2 aliphatic heterocycles. The van der Waals surface area contributed by atoms with Gasteiger partial charge in [-0.3, -0.25) is 14.5 Å². The predicted molar refractivity (Wildman–Crippen MR) is 168 cm³/mol. The van der Waals surface area contributed by atoms with Crippen LogP contribution in [0.4, 0.5) is 0 Å². The van der Waals surface area contributed by atoms with Crippen molar-refractivity contribution in [1.29, 1.82) is 0 Å². The molecule has 234 valence electrons. The van der Waals surface area contributed by atoms with Crippen LogP contribution in [0.3, 0.4) is 0 Å². The van der Waals surface area contributed by atoms with E-state index < -0.39 is 5.97 Å². The van der Waals surface area contributed by atoms with Gasteiger partial charge < -0.3 is 19.4 Å². The molecule has 2 unspecified atom stereocenters. The highest BCUT2D eigenvalue weighted by molar-refractivity contribution is 6.00. The summed E-state index contributed by atoms with van der Waals surface area (Å²) in [6, 6.07) is 9.60. The zero-order valence-electron chi connectivity index (χ0n) is 26.2. The Labute approximate surface area is 255 Å². The third-order valence-electron chi connectivity index (χ3n) is 10.6. The van der Waals surface area contributed by atoms with Crippen LogP contribution in [0.5, 0.6) is 0 Å². The molecule has 3 heterocycles. The minimum atomic E-state index is -0.941. The Morgan fingerprint density at radius 3 is 2.35 bits per heavy atom. The molecule has 43 heavy (non-hydrogen) atoms. The van der Waals surface area contributed by atoms with E-state index in [1.165, 1.54) is 51.4 Å². The van der Waals surface area contributed by atoms with E-state index in [-0.39, 0.29) is 30.1 Å². The molecule has 1 N–H and O–H groups in total. The van der Waals surface area contributed by atoms with E-state index in [1.807, 2.05) is 47.8 Å². The van der Waals surface area contributed by atoms with Crippen LogP contribution >= 0.6 is 0 Å². The number of para-hydroxylation sites is 2. The Balaban J connectivity index is 1.31. The monoisotopic (exact) mass is 591 g/mol. The lowest BCUT2D eigenvalue weighted by molar-refractivity contribution is -0.136. The molecule has 1 aromatic heterocycles. The van der Waals surface area contributed by atoms with E-state index in [2.05, 4.69) is 17.0 Å². The molecule has 0 radical (unpaired) electrons. The number of aliphatic carboxylic acids is 1. The van der Waals surface area contributed by atoms with Gasteiger partial charge in [0.1, 0.15) is 12.3 Å². The fraction of sp³-hybridized carbons (Fsp3) is 0.706. The van der Waals surface area contributed by atoms with Gasteiger partial charge >= 0.3 is 5.97 Å². The van der Waals surface area contributed by atoms with Gasteiger partial charge in [0.25, 0.3) is 5.56 Å². The van der Waals surface area contributed by atoms with Crippen molar-refractivity contribution in [3.63, 3.8) is 0 Å². The summed E-state index contributed by atoms with van der Waals surface area (Å²) in [7, 11) is 3.89. The summed E-state index contributed by atoms with van der Waals surface area (Å²) < 4.78 is 1.98. The van der Waals surface area contributed by atoms with Crippen LogP contribution in [0.1, 0.15) is 95.7 Å². The first-order chi connectivity index (χ1) is 20.8. The molecule has 4 aliphatic rings. The second kappa shape index (κ2) is 13.1. The van der Waals surface area contributed by atoms with Crippen molar-refractivity contribution in [1.82, 2.24) is 19.4 Å². The third-order valence-corrected chi connectivity index (χ3v) is 10.6. The molecule has 2 saturated carbocycles. The highest BCUT2D eigenvalue weighted by Crippen LogP contribution is 2.48. The minimum Gasteiger partial charge on any atom is -0.481 e. The average Bonchev–Trinajstić information content (AvgIpc) is 2.95. The molecule has 0 amide bonds. The maximum Gasteiger partial charge on any atom is 0.303 e. The summed E-state index contributed by atoms with van der Waals surface area (Å²) >= 11 is 0. The maximum atomic E-state index is 14.4. The number of carboxylic acids is 1. The highest BCUT2D eigenvalue weighted by Gasteiger charge is 2.46. The molecule has 2 saturated heterocycles. The number of piperidine rings is 2. The summed E-state index contributed by atoms with van der Waals surface area (Å²) in [6.45, 7) is 3.45. The Morgan fingerprint density at radius 2 is 1.67 bits per heavy atom. The number of carbonyl (C=O) groups is 1. The van der Waals surface area contributed by atoms with Crippen molar-refractivity contribution < 1.29 is 14.7 Å². The summed E-state index contributed by atoms with van der Waals surface area (Å²) in [5, 5.41) is 13.7. The standard InChI is InChI=1S/C34H49N5O4/c1-22-15-23-17-24(16-22)19-27(18-23)38-25-7-6-8-26(38)21-28(20-25)39-31-10-5-4-9-29(31)35-33(34(39)42)30(11-12-32(40)41)36-43-14-13-37(2)3/h4-5,9-10,22-28H,6-8,11-21H2,1-3H3,(H,40,41)/b36-30+/t22-,23-,24+,25-,26+,27?,28?. The lowest BCUT2D eigenvalue weighted by atomic mass is 9.65. The van der Waals surface area contributed by atoms with Gasteiger partial charge in [0, 0.05) is 37.1 Å². The van der Waals surface area contributed by atoms with E-state index in [0.717, 1.165) is 41.6 Å². The maximum absolute atomic E-state index is 14.4. The van der Waals surface area contributed by atoms with Gasteiger partial charge in [0.2, 0.25) is 0 Å². The number of aromatic nitrogens is 2. The lowest BCUT2D eigenvalue weighted by Gasteiger charge is -2.55. The minimum absolute atomic E-state index is 0.0733. The molecule has 9 nitrogen and oxygen atoms in total. The first kappa shape index (κ1) is 30.3. The number of oxime groups is 1. The number of rotatable bonds is 10. The van der Waals surface area contributed by atoms with E-state index in [9.17, 15) is 14.7 Å². The second-order valence-electron chi connectivity index (χ2n) is 14.2. The van der Waals surface area contributed by atoms with Crippen molar-refractivity contribution in [3.8, 4) is 0 Å². The number of benzene rings is 1. The summed E-state index contributed by atoms with van der Waals surface area (Å²) in [4.78, 5) is 41.1. The summed E-state index contributed by atoms with van der Waals surface area (Å²) in [5.41, 5.74) is 1.92. The van der Waals surface area contributed by atoms with E-state index in [4.69, 9.17) is 9.82 Å². The van der Waals surface area contributed by atoms with Gasteiger partial charge in [-0.1, -0.05) is 30.6 Å². The molecule has 4 fully saturated rings. The third kappa shape index (κ3) is 6.68. The van der Waals surface area contributed by atoms with Gasteiger partial charge in [-0.2, -0.15) is 0 Å². The molecule has 2 aromatic rings. The largest absolute Gasteiger partial charge is 0.481 e. The number of hydrogen-bond donors (Lipinski definition) is 1. The van der Waals surface area contributed by atoms with Crippen LogP contribution < -0.4 is 5.56 Å². The van der Waals surface area contributed by atoms with Crippen LogP contribution in [-0.2, 0) is 9.63 Å². The van der Waals surface area contributed by atoms with Crippen LogP contribution in [-0.4, -0.2) is 81.5 Å². The van der Waals surface area contributed by atoms with E-state index >= 15 is 0 Å². The SMILES string of the molecule is C[C@@H]1C[C@H]2CC(N3[C@@H]4CCC[C@H]3CC(n3c(=O)c(/C(CCC(=O)O)=N/OCCN(C)C)nc5ccccc53)C4)C[C@@H](C1)C2. The Morgan fingerprint density at radius 1 is 0.977 bits per heavy atom. The highest BCUT2D eigenvalue weighted by atomic mass is 16.6. The molecule has 6 rings (SSSR count). The van der Waals surface area contributed by atoms with Crippen molar-refractivity contribution in [2.45, 2.75) is 108 Å². The number of hydrogen-bond acceptors (Lipinski definition) is 7. The average molecular weight is 592 g/mol.